The maximum absolute atomic E-state index is 12.1. The molecule has 2 unspecified atom stereocenters. The number of Topliss-reactive ketones (excluding diaryl/α,β-unsaturated/α-hetero) is 1. The summed E-state index contributed by atoms with van der Waals surface area (Å²) in [6.45, 7) is 4.36. The van der Waals surface area contributed by atoms with Crippen LogP contribution in [-0.4, -0.2) is 30.6 Å². The highest BCUT2D eigenvalue weighted by Gasteiger charge is 2.60. The van der Waals surface area contributed by atoms with Crippen molar-refractivity contribution in [3.8, 4) is 0 Å². The SMILES string of the molecule is CCO[C@@H]1CC2OC(=O)C1(C)C1=C2C(=O)CC1. The van der Waals surface area contributed by atoms with E-state index in [1.165, 1.54) is 0 Å². The normalized spacial score (nSPS) is 39.6. The third-order valence-electron chi connectivity index (χ3n) is 4.29. The first-order valence-electron chi connectivity index (χ1n) is 6.18. The van der Waals surface area contributed by atoms with Crippen LogP contribution in [0.3, 0.4) is 0 Å². The van der Waals surface area contributed by atoms with Gasteiger partial charge in [-0.2, -0.15) is 0 Å². The lowest BCUT2D eigenvalue weighted by Gasteiger charge is -2.48. The predicted molar refractivity (Wildman–Crippen MR) is 59.3 cm³/mol. The molecule has 0 N–H and O–H groups in total. The molecule has 1 fully saturated rings. The predicted octanol–water partition coefficient (Wildman–Crippen LogP) is 1.39. The van der Waals surface area contributed by atoms with Crippen molar-refractivity contribution in [3.05, 3.63) is 11.1 Å². The van der Waals surface area contributed by atoms with Crippen LogP contribution in [-0.2, 0) is 19.1 Å². The summed E-state index contributed by atoms with van der Waals surface area (Å²) >= 11 is 0. The molecule has 92 valence electrons. The van der Waals surface area contributed by atoms with Crippen molar-refractivity contribution in [3.63, 3.8) is 0 Å². The third-order valence-corrected chi connectivity index (χ3v) is 4.29. The Bertz CT molecular complexity index is 437. The van der Waals surface area contributed by atoms with E-state index in [9.17, 15) is 9.59 Å². The van der Waals surface area contributed by atoms with Crippen molar-refractivity contribution in [1.29, 1.82) is 0 Å². The summed E-state index contributed by atoms with van der Waals surface area (Å²) in [5.41, 5.74) is 1.02. The molecule has 0 radical (unpaired) electrons. The molecule has 0 saturated carbocycles. The summed E-state index contributed by atoms with van der Waals surface area (Å²) in [5.74, 6) is -0.0701. The Kier molecular flexibility index (Phi) is 2.20. The van der Waals surface area contributed by atoms with E-state index in [1.54, 1.807) is 0 Å². The maximum atomic E-state index is 12.1. The highest BCUT2D eigenvalue weighted by molar-refractivity contribution is 6.04. The highest BCUT2D eigenvalue weighted by Crippen LogP contribution is 2.53. The summed E-state index contributed by atoms with van der Waals surface area (Å²) in [4.78, 5) is 23.9. The van der Waals surface area contributed by atoms with Crippen LogP contribution in [0.1, 0.15) is 33.1 Å². The van der Waals surface area contributed by atoms with E-state index >= 15 is 0 Å². The summed E-state index contributed by atoms with van der Waals surface area (Å²) < 4.78 is 11.0. The van der Waals surface area contributed by atoms with Crippen LogP contribution in [0.15, 0.2) is 11.1 Å². The molecule has 17 heavy (non-hydrogen) atoms. The van der Waals surface area contributed by atoms with Crippen LogP contribution in [0.4, 0.5) is 0 Å². The minimum Gasteiger partial charge on any atom is -0.457 e. The topological polar surface area (TPSA) is 52.6 Å². The molecule has 0 aromatic heterocycles. The molecule has 2 aliphatic heterocycles. The zero-order valence-corrected chi connectivity index (χ0v) is 10.1. The Morgan fingerprint density at radius 3 is 2.88 bits per heavy atom. The average molecular weight is 236 g/mol. The Labute approximate surface area is 100.0 Å². The molecule has 4 rings (SSSR count). The molecular weight excluding hydrogens is 220 g/mol. The molecule has 3 atom stereocenters. The van der Waals surface area contributed by atoms with Crippen LogP contribution in [0.2, 0.25) is 0 Å². The standard InChI is InChI=1S/C13H16O4/c1-3-16-10-6-9-11-7(4-5-8(11)14)13(10,2)12(15)17-9/h9-10H,3-6H2,1-2H3/t9?,10-,13?/m1/s1. The molecule has 2 bridgehead atoms. The van der Waals surface area contributed by atoms with Crippen molar-refractivity contribution in [2.75, 3.05) is 6.61 Å². The summed E-state index contributed by atoms with van der Waals surface area (Å²) in [6.07, 6.45) is 1.35. The molecule has 0 aromatic carbocycles. The number of carbonyl (C=O) groups excluding carboxylic acids is 2. The molecule has 1 saturated heterocycles. The summed E-state index contributed by atoms with van der Waals surface area (Å²) in [6, 6.07) is 0. The van der Waals surface area contributed by atoms with Gasteiger partial charge in [0.05, 0.1) is 6.10 Å². The molecule has 2 heterocycles. The van der Waals surface area contributed by atoms with Crippen LogP contribution in [0, 0.1) is 5.41 Å². The van der Waals surface area contributed by atoms with E-state index in [0.717, 1.165) is 11.1 Å². The van der Waals surface area contributed by atoms with Gasteiger partial charge in [-0.15, -0.1) is 0 Å². The zero-order chi connectivity index (χ0) is 12.2. The third kappa shape index (κ3) is 1.22. The van der Waals surface area contributed by atoms with Crippen LogP contribution < -0.4 is 0 Å². The maximum Gasteiger partial charge on any atom is 0.319 e. The molecule has 0 aromatic rings. The molecule has 4 nitrogen and oxygen atoms in total. The largest absolute Gasteiger partial charge is 0.457 e. The minimum absolute atomic E-state index is 0.136. The molecular formula is C13H16O4. The van der Waals surface area contributed by atoms with Gasteiger partial charge in [0.2, 0.25) is 0 Å². The van der Waals surface area contributed by atoms with Crippen molar-refractivity contribution in [1.82, 2.24) is 0 Å². The lowest BCUT2D eigenvalue weighted by molar-refractivity contribution is -0.184. The Morgan fingerprint density at radius 1 is 1.41 bits per heavy atom. The summed E-state index contributed by atoms with van der Waals surface area (Å²) in [5, 5.41) is 0. The van der Waals surface area contributed by atoms with E-state index < -0.39 is 5.41 Å². The first-order valence-corrected chi connectivity index (χ1v) is 6.18. The van der Waals surface area contributed by atoms with Crippen molar-refractivity contribution < 1.29 is 19.1 Å². The Balaban J connectivity index is 2.10. The Hall–Kier alpha value is -1.16. The number of hydrogen-bond acceptors (Lipinski definition) is 4. The quantitative estimate of drug-likeness (QED) is 0.680. The van der Waals surface area contributed by atoms with Gasteiger partial charge in [0.15, 0.2) is 5.78 Å². The first kappa shape index (κ1) is 11.0. The molecule has 0 spiro atoms. The van der Waals surface area contributed by atoms with Crippen LogP contribution >= 0.6 is 0 Å². The number of carbonyl (C=O) groups is 2. The van der Waals surface area contributed by atoms with Gasteiger partial charge in [-0.25, -0.2) is 0 Å². The molecule has 0 amide bonds. The number of fused-ring (bicyclic) bond motifs is 2. The monoisotopic (exact) mass is 236 g/mol. The van der Waals surface area contributed by atoms with E-state index in [2.05, 4.69) is 0 Å². The second-order valence-electron chi connectivity index (χ2n) is 5.09. The van der Waals surface area contributed by atoms with E-state index in [-0.39, 0.29) is 24.0 Å². The summed E-state index contributed by atoms with van der Waals surface area (Å²) in [7, 11) is 0. The second-order valence-corrected chi connectivity index (χ2v) is 5.09. The lowest BCUT2D eigenvalue weighted by Crippen LogP contribution is -2.56. The highest BCUT2D eigenvalue weighted by atomic mass is 16.6. The smallest absolute Gasteiger partial charge is 0.319 e. The average Bonchev–Trinajstić information content (AvgIpc) is 2.67. The molecule has 4 aliphatic rings. The number of hydrogen-bond donors (Lipinski definition) is 0. The fraction of sp³-hybridized carbons (Fsp3) is 0.692. The van der Waals surface area contributed by atoms with Crippen molar-refractivity contribution >= 4 is 11.8 Å². The van der Waals surface area contributed by atoms with E-state index in [4.69, 9.17) is 9.47 Å². The van der Waals surface area contributed by atoms with Gasteiger partial charge in [0, 0.05) is 25.0 Å². The van der Waals surface area contributed by atoms with Crippen LogP contribution in [0.25, 0.3) is 0 Å². The number of rotatable bonds is 2. The van der Waals surface area contributed by atoms with Gasteiger partial charge in [-0.3, -0.25) is 9.59 Å². The number of esters is 1. The number of ketones is 1. The van der Waals surface area contributed by atoms with E-state index in [0.29, 0.717) is 25.9 Å². The van der Waals surface area contributed by atoms with Gasteiger partial charge < -0.3 is 9.47 Å². The number of ether oxygens (including phenoxy) is 2. The van der Waals surface area contributed by atoms with Gasteiger partial charge in [-0.1, -0.05) is 0 Å². The van der Waals surface area contributed by atoms with Crippen molar-refractivity contribution in [2.45, 2.75) is 45.3 Å². The molecule has 4 heteroatoms. The molecule has 2 aliphatic carbocycles. The van der Waals surface area contributed by atoms with Gasteiger partial charge in [-0.05, 0) is 25.8 Å². The van der Waals surface area contributed by atoms with Crippen LogP contribution in [0.5, 0.6) is 0 Å². The zero-order valence-electron chi connectivity index (χ0n) is 10.1. The fourth-order valence-corrected chi connectivity index (χ4v) is 3.38. The fourth-order valence-electron chi connectivity index (χ4n) is 3.38. The first-order chi connectivity index (χ1) is 8.09. The van der Waals surface area contributed by atoms with E-state index in [1.807, 2.05) is 13.8 Å². The minimum atomic E-state index is -0.730. The second kappa shape index (κ2) is 3.42. The Morgan fingerprint density at radius 2 is 2.18 bits per heavy atom. The van der Waals surface area contributed by atoms with Gasteiger partial charge in [0.25, 0.3) is 0 Å². The van der Waals surface area contributed by atoms with Gasteiger partial charge >= 0.3 is 5.97 Å². The van der Waals surface area contributed by atoms with Crippen molar-refractivity contribution in [2.24, 2.45) is 5.41 Å². The van der Waals surface area contributed by atoms with Gasteiger partial charge in [0.1, 0.15) is 11.5 Å². The lowest BCUT2D eigenvalue weighted by atomic mass is 9.66.